The van der Waals surface area contributed by atoms with Gasteiger partial charge in [-0.3, -0.25) is 9.98 Å². The number of aliphatic imine (C=N–C) groups is 1. The Morgan fingerprint density at radius 1 is 1.00 bits per heavy atom. The van der Waals surface area contributed by atoms with Gasteiger partial charge in [0.25, 0.3) is 0 Å². The van der Waals surface area contributed by atoms with Gasteiger partial charge in [-0.05, 0) is 78.6 Å². The SMILES string of the molecule is Oc1ccc(-c2ccc(C=C3CCCN=C3c3cccnc3)s2)cc1. The minimum absolute atomic E-state index is 0.294. The van der Waals surface area contributed by atoms with Crippen LogP contribution in [0, 0.1) is 0 Å². The summed E-state index contributed by atoms with van der Waals surface area (Å²) >= 11 is 1.75. The van der Waals surface area contributed by atoms with Crippen LogP contribution < -0.4 is 0 Å². The van der Waals surface area contributed by atoms with Crippen LogP contribution in [0.15, 0.2) is 71.5 Å². The van der Waals surface area contributed by atoms with E-state index < -0.39 is 0 Å². The minimum atomic E-state index is 0.294. The van der Waals surface area contributed by atoms with E-state index in [2.05, 4.69) is 29.3 Å². The van der Waals surface area contributed by atoms with E-state index in [0.717, 1.165) is 36.2 Å². The number of hydrogen-bond acceptors (Lipinski definition) is 4. The Morgan fingerprint density at radius 3 is 2.68 bits per heavy atom. The van der Waals surface area contributed by atoms with Gasteiger partial charge in [0.05, 0.1) is 5.71 Å². The molecule has 2 aromatic heterocycles. The maximum atomic E-state index is 9.44. The number of phenols is 1. The standard InChI is InChI=1S/C21H18N2OS/c24-18-7-5-15(6-8-18)20-10-9-19(25-20)13-16-3-2-12-23-21(16)17-4-1-11-22-14-17/h1,4-11,13-14,24H,2-3,12H2. The van der Waals surface area contributed by atoms with Gasteiger partial charge in [-0.1, -0.05) is 0 Å². The van der Waals surface area contributed by atoms with E-state index in [4.69, 9.17) is 4.99 Å². The molecule has 124 valence electrons. The number of nitrogens with zero attached hydrogens (tertiary/aromatic N) is 2. The molecular weight excluding hydrogens is 328 g/mol. The number of aromatic nitrogens is 1. The minimum Gasteiger partial charge on any atom is -0.508 e. The van der Waals surface area contributed by atoms with Crippen molar-refractivity contribution in [1.82, 2.24) is 4.98 Å². The molecule has 0 radical (unpaired) electrons. The van der Waals surface area contributed by atoms with Crippen molar-refractivity contribution in [1.29, 1.82) is 0 Å². The van der Waals surface area contributed by atoms with E-state index in [0.29, 0.717) is 5.75 Å². The van der Waals surface area contributed by atoms with E-state index in [1.165, 1.54) is 15.3 Å². The molecule has 3 aromatic rings. The highest BCUT2D eigenvalue weighted by molar-refractivity contribution is 7.16. The van der Waals surface area contributed by atoms with E-state index >= 15 is 0 Å². The molecule has 0 spiro atoms. The lowest BCUT2D eigenvalue weighted by Gasteiger charge is -2.15. The molecular formula is C21H18N2OS. The molecule has 4 rings (SSSR count). The van der Waals surface area contributed by atoms with Gasteiger partial charge in [0.1, 0.15) is 5.75 Å². The normalized spacial score (nSPS) is 16.0. The first-order valence-electron chi connectivity index (χ1n) is 8.35. The van der Waals surface area contributed by atoms with Gasteiger partial charge in [-0.25, -0.2) is 0 Å². The fourth-order valence-electron chi connectivity index (χ4n) is 2.98. The largest absolute Gasteiger partial charge is 0.508 e. The van der Waals surface area contributed by atoms with Crippen molar-refractivity contribution in [2.24, 2.45) is 4.99 Å². The fraction of sp³-hybridized carbons (Fsp3) is 0.143. The quantitative estimate of drug-likeness (QED) is 0.710. The number of hydrogen-bond donors (Lipinski definition) is 1. The van der Waals surface area contributed by atoms with E-state index in [-0.39, 0.29) is 0 Å². The van der Waals surface area contributed by atoms with Crippen LogP contribution in [0.5, 0.6) is 5.75 Å². The van der Waals surface area contributed by atoms with Crippen LogP contribution in [0.4, 0.5) is 0 Å². The summed E-state index contributed by atoms with van der Waals surface area (Å²) in [6, 6.07) is 15.6. The van der Waals surface area contributed by atoms with Crippen molar-refractivity contribution < 1.29 is 5.11 Å². The molecule has 25 heavy (non-hydrogen) atoms. The molecule has 0 saturated heterocycles. The van der Waals surface area contributed by atoms with Crippen LogP contribution in [0.2, 0.25) is 0 Å². The molecule has 0 amide bonds. The lowest BCUT2D eigenvalue weighted by Crippen LogP contribution is -2.11. The second-order valence-corrected chi connectivity index (χ2v) is 7.11. The van der Waals surface area contributed by atoms with Crippen molar-refractivity contribution in [3.05, 3.63) is 76.9 Å². The summed E-state index contributed by atoms with van der Waals surface area (Å²) < 4.78 is 0. The van der Waals surface area contributed by atoms with Gasteiger partial charge in [0, 0.05) is 34.3 Å². The summed E-state index contributed by atoms with van der Waals surface area (Å²) in [5, 5.41) is 9.44. The third kappa shape index (κ3) is 3.54. The Hall–Kier alpha value is -2.72. The average Bonchev–Trinajstić information content (AvgIpc) is 3.12. The summed E-state index contributed by atoms with van der Waals surface area (Å²) in [6.07, 6.45) is 8.05. The molecule has 0 saturated carbocycles. The van der Waals surface area contributed by atoms with E-state index in [1.807, 2.05) is 24.4 Å². The maximum absolute atomic E-state index is 9.44. The lowest BCUT2D eigenvalue weighted by molar-refractivity contribution is 0.475. The lowest BCUT2D eigenvalue weighted by atomic mass is 9.96. The predicted molar refractivity (Wildman–Crippen MR) is 104 cm³/mol. The number of rotatable bonds is 3. The summed E-state index contributed by atoms with van der Waals surface area (Å²) in [4.78, 5) is 11.4. The van der Waals surface area contributed by atoms with E-state index in [9.17, 15) is 5.11 Å². The Balaban J connectivity index is 1.65. The van der Waals surface area contributed by atoms with Crippen molar-refractivity contribution in [3.8, 4) is 16.2 Å². The molecule has 0 fully saturated rings. The summed E-state index contributed by atoms with van der Waals surface area (Å²) in [6.45, 7) is 0.880. The topological polar surface area (TPSA) is 45.5 Å². The molecule has 3 nitrogen and oxygen atoms in total. The molecule has 0 unspecified atom stereocenters. The van der Waals surface area contributed by atoms with Crippen molar-refractivity contribution >= 4 is 23.1 Å². The molecule has 1 aromatic carbocycles. The third-order valence-corrected chi connectivity index (χ3v) is 5.29. The van der Waals surface area contributed by atoms with Crippen molar-refractivity contribution in [2.75, 3.05) is 6.54 Å². The number of aromatic hydroxyl groups is 1. The number of thiophene rings is 1. The molecule has 3 heterocycles. The van der Waals surface area contributed by atoms with Gasteiger partial charge >= 0.3 is 0 Å². The molecule has 0 bridgehead atoms. The first-order chi connectivity index (χ1) is 12.3. The number of pyridine rings is 1. The zero-order chi connectivity index (χ0) is 17.1. The summed E-state index contributed by atoms with van der Waals surface area (Å²) in [7, 11) is 0. The molecule has 0 atom stereocenters. The Kier molecular flexibility index (Phi) is 4.44. The zero-order valence-electron chi connectivity index (χ0n) is 13.7. The third-order valence-electron chi connectivity index (χ3n) is 4.21. The molecule has 1 N–H and O–H groups in total. The van der Waals surface area contributed by atoms with Crippen molar-refractivity contribution in [2.45, 2.75) is 12.8 Å². The Bertz CT molecular complexity index is 924. The first-order valence-corrected chi connectivity index (χ1v) is 9.16. The highest BCUT2D eigenvalue weighted by atomic mass is 32.1. The Morgan fingerprint density at radius 2 is 1.88 bits per heavy atom. The highest BCUT2D eigenvalue weighted by Crippen LogP contribution is 2.31. The highest BCUT2D eigenvalue weighted by Gasteiger charge is 2.14. The van der Waals surface area contributed by atoms with Gasteiger partial charge < -0.3 is 5.11 Å². The summed E-state index contributed by atoms with van der Waals surface area (Å²) in [5.41, 5.74) is 4.55. The molecule has 4 heteroatoms. The van der Waals surface area contributed by atoms with Gasteiger partial charge in [-0.15, -0.1) is 11.3 Å². The molecule has 1 aliphatic rings. The second kappa shape index (κ2) is 7.03. The first kappa shape index (κ1) is 15.8. The van der Waals surface area contributed by atoms with E-state index in [1.54, 1.807) is 29.7 Å². The molecule has 1 aliphatic heterocycles. The van der Waals surface area contributed by atoms with Crippen LogP contribution >= 0.6 is 11.3 Å². The van der Waals surface area contributed by atoms with Crippen molar-refractivity contribution in [3.63, 3.8) is 0 Å². The van der Waals surface area contributed by atoms with Crippen LogP contribution in [0.3, 0.4) is 0 Å². The van der Waals surface area contributed by atoms with Gasteiger partial charge in [-0.2, -0.15) is 0 Å². The van der Waals surface area contributed by atoms with Crippen LogP contribution in [-0.4, -0.2) is 22.3 Å². The average molecular weight is 346 g/mol. The summed E-state index contributed by atoms with van der Waals surface area (Å²) in [5.74, 6) is 0.294. The number of phenolic OH excluding ortho intramolecular Hbond substituents is 1. The fourth-order valence-corrected chi connectivity index (χ4v) is 3.96. The monoisotopic (exact) mass is 346 g/mol. The number of allylic oxidation sites excluding steroid dienone is 1. The molecule has 0 aliphatic carbocycles. The van der Waals surface area contributed by atoms with Crippen LogP contribution in [-0.2, 0) is 0 Å². The van der Waals surface area contributed by atoms with Crippen LogP contribution in [0.25, 0.3) is 16.5 Å². The maximum Gasteiger partial charge on any atom is 0.115 e. The Labute approximate surface area is 151 Å². The van der Waals surface area contributed by atoms with Crippen LogP contribution in [0.1, 0.15) is 23.3 Å². The number of benzene rings is 1. The predicted octanol–water partition coefficient (Wildman–Crippen LogP) is 5.18. The smallest absolute Gasteiger partial charge is 0.115 e. The van der Waals surface area contributed by atoms with Gasteiger partial charge in [0.15, 0.2) is 0 Å². The van der Waals surface area contributed by atoms with Gasteiger partial charge in [0.2, 0.25) is 0 Å². The second-order valence-electron chi connectivity index (χ2n) is 5.99. The zero-order valence-corrected chi connectivity index (χ0v) is 14.5.